The molecule has 0 fully saturated rings. The van der Waals surface area contributed by atoms with E-state index in [2.05, 4.69) is 38.0 Å². The molecule has 0 aliphatic rings. The summed E-state index contributed by atoms with van der Waals surface area (Å²) in [6, 6.07) is 3.84. The van der Waals surface area contributed by atoms with Gasteiger partial charge in [0.25, 0.3) is 5.91 Å². The summed E-state index contributed by atoms with van der Waals surface area (Å²) in [6.07, 6.45) is 1.64. The molecule has 4 heteroatoms. The fourth-order valence-corrected chi connectivity index (χ4v) is 1.83. The van der Waals surface area contributed by atoms with Crippen LogP contribution < -0.4 is 5.32 Å². The van der Waals surface area contributed by atoms with E-state index in [1.807, 2.05) is 19.1 Å². The molecule has 0 aromatic carbocycles. The highest BCUT2D eigenvalue weighted by molar-refractivity contribution is 7.99. The number of hydrogen-bond acceptors (Lipinski definition) is 3. The summed E-state index contributed by atoms with van der Waals surface area (Å²) in [7, 11) is 0. The lowest BCUT2D eigenvalue weighted by Crippen LogP contribution is -2.41. The smallest absolute Gasteiger partial charge is 0.253 e. The standard InChI is InChI=1S/C14H22N2OS/c1-6-18-12-8-7-11(9-15-12)13(17)16-10(2)14(3,4)5/h7-10H,6H2,1-5H3,(H,16,17)/t10-/m1/s1. The van der Waals surface area contributed by atoms with Crippen LogP contribution in [0.2, 0.25) is 0 Å². The van der Waals surface area contributed by atoms with Crippen LogP contribution in [0.1, 0.15) is 45.0 Å². The lowest BCUT2D eigenvalue weighted by Gasteiger charge is -2.28. The van der Waals surface area contributed by atoms with Gasteiger partial charge in [-0.1, -0.05) is 27.7 Å². The van der Waals surface area contributed by atoms with E-state index in [9.17, 15) is 4.79 Å². The summed E-state index contributed by atoms with van der Waals surface area (Å²) >= 11 is 1.67. The molecule has 3 nitrogen and oxygen atoms in total. The number of carbonyl (C=O) groups is 1. The van der Waals surface area contributed by atoms with Crippen molar-refractivity contribution in [2.45, 2.75) is 45.7 Å². The first kappa shape index (κ1) is 15.0. The molecule has 1 N–H and O–H groups in total. The molecular weight excluding hydrogens is 244 g/mol. The molecule has 100 valence electrons. The average Bonchev–Trinajstić information content (AvgIpc) is 2.29. The Kier molecular flexibility index (Phi) is 5.20. The number of thioether (sulfide) groups is 1. The van der Waals surface area contributed by atoms with E-state index in [-0.39, 0.29) is 17.4 Å². The van der Waals surface area contributed by atoms with Crippen molar-refractivity contribution in [3.63, 3.8) is 0 Å². The Hall–Kier alpha value is -1.03. The third-order valence-electron chi connectivity index (χ3n) is 2.94. The summed E-state index contributed by atoms with van der Waals surface area (Å²) in [5, 5.41) is 3.96. The predicted octanol–water partition coefficient (Wildman–Crippen LogP) is 3.36. The number of aromatic nitrogens is 1. The zero-order valence-corrected chi connectivity index (χ0v) is 12.6. The molecule has 1 amide bonds. The molecule has 0 unspecified atom stereocenters. The van der Waals surface area contributed by atoms with Crippen molar-refractivity contribution in [2.75, 3.05) is 5.75 Å². The highest BCUT2D eigenvalue weighted by Crippen LogP contribution is 2.19. The topological polar surface area (TPSA) is 42.0 Å². The van der Waals surface area contributed by atoms with Crippen LogP contribution in [0.5, 0.6) is 0 Å². The molecule has 1 atom stereocenters. The van der Waals surface area contributed by atoms with Gasteiger partial charge in [-0.2, -0.15) is 0 Å². The second-order valence-electron chi connectivity index (χ2n) is 5.38. The van der Waals surface area contributed by atoms with Gasteiger partial charge in [0.1, 0.15) is 0 Å². The predicted molar refractivity (Wildman–Crippen MR) is 77.0 cm³/mol. The maximum Gasteiger partial charge on any atom is 0.253 e. The molecule has 0 saturated carbocycles. The fraction of sp³-hybridized carbons (Fsp3) is 0.571. The Morgan fingerprint density at radius 2 is 2.11 bits per heavy atom. The van der Waals surface area contributed by atoms with E-state index in [1.54, 1.807) is 18.0 Å². The van der Waals surface area contributed by atoms with E-state index < -0.39 is 0 Å². The van der Waals surface area contributed by atoms with E-state index in [0.29, 0.717) is 5.56 Å². The van der Waals surface area contributed by atoms with Crippen molar-refractivity contribution >= 4 is 17.7 Å². The van der Waals surface area contributed by atoms with Crippen molar-refractivity contribution in [1.82, 2.24) is 10.3 Å². The second-order valence-corrected chi connectivity index (χ2v) is 6.66. The van der Waals surface area contributed by atoms with Gasteiger partial charge in [0.2, 0.25) is 0 Å². The van der Waals surface area contributed by atoms with Crippen molar-refractivity contribution in [3.05, 3.63) is 23.9 Å². The Bertz CT molecular complexity index is 395. The molecule has 1 rings (SSSR count). The maximum atomic E-state index is 12.0. The maximum absolute atomic E-state index is 12.0. The van der Waals surface area contributed by atoms with Crippen molar-refractivity contribution in [3.8, 4) is 0 Å². The summed E-state index contributed by atoms with van der Waals surface area (Å²) in [4.78, 5) is 16.3. The Morgan fingerprint density at radius 1 is 1.44 bits per heavy atom. The molecule has 1 aromatic rings. The van der Waals surface area contributed by atoms with Crippen LogP contribution >= 0.6 is 11.8 Å². The second kappa shape index (κ2) is 6.23. The lowest BCUT2D eigenvalue weighted by atomic mass is 9.88. The quantitative estimate of drug-likeness (QED) is 0.850. The van der Waals surface area contributed by atoms with E-state index in [0.717, 1.165) is 10.8 Å². The van der Waals surface area contributed by atoms with Crippen LogP contribution in [-0.2, 0) is 0 Å². The first-order valence-corrected chi connectivity index (χ1v) is 7.23. The highest BCUT2D eigenvalue weighted by atomic mass is 32.2. The lowest BCUT2D eigenvalue weighted by molar-refractivity contribution is 0.0909. The molecule has 0 aliphatic carbocycles. The van der Waals surface area contributed by atoms with Crippen LogP contribution in [0.3, 0.4) is 0 Å². The van der Waals surface area contributed by atoms with Crippen LogP contribution in [-0.4, -0.2) is 22.7 Å². The number of amides is 1. The van der Waals surface area contributed by atoms with E-state index >= 15 is 0 Å². The van der Waals surface area contributed by atoms with Gasteiger partial charge in [-0.25, -0.2) is 4.98 Å². The first-order valence-electron chi connectivity index (χ1n) is 6.24. The summed E-state index contributed by atoms with van der Waals surface area (Å²) in [5.74, 6) is 0.928. The number of pyridine rings is 1. The minimum absolute atomic E-state index is 0.0566. The van der Waals surface area contributed by atoms with Gasteiger partial charge >= 0.3 is 0 Å². The summed E-state index contributed by atoms with van der Waals surface area (Å²) in [5.41, 5.74) is 0.674. The van der Waals surface area contributed by atoms with Crippen LogP contribution in [0.4, 0.5) is 0 Å². The van der Waals surface area contributed by atoms with Crippen LogP contribution in [0, 0.1) is 5.41 Å². The third kappa shape index (κ3) is 4.33. The SMILES string of the molecule is CCSc1ccc(C(=O)N[C@H](C)C(C)(C)C)cn1. The molecule has 0 saturated heterocycles. The number of nitrogens with zero attached hydrogens (tertiary/aromatic N) is 1. The molecule has 0 radical (unpaired) electrons. The molecule has 0 spiro atoms. The number of nitrogens with one attached hydrogen (secondary N) is 1. The monoisotopic (exact) mass is 266 g/mol. The van der Waals surface area contributed by atoms with E-state index in [4.69, 9.17) is 0 Å². The molecule has 18 heavy (non-hydrogen) atoms. The Balaban J connectivity index is 2.67. The Labute approximate surface area is 114 Å². The number of rotatable bonds is 4. The third-order valence-corrected chi connectivity index (χ3v) is 3.76. The number of hydrogen-bond donors (Lipinski definition) is 1. The zero-order valence-electron chi connectivity index (χ0n) is 11.8. The van der Waals surface area contributed by atoms with Gasteiger partial charge in [0, 0.05) is 12.2 Å². The van der Waals surface area contributed by atoms with Gasteiger partial charge in [-0.05, 0) is 30.2 Å². The fourth-order valence-electron chi connectivity index (χ4n) is 1.24. The largest absolute Gasteiger partial charge is 0.349 e. The van der Waals surface area contributed by atoms with Gasteiger partial charge in [0.15, 0.2) is 0 Å². The first-order chi connectivity index (χ1) is 8.34. The van der Waals surface area contributed by atoms with Crippen molar-refractivity contribution in [1.29, 1.82) is 0 Å². The highest BCUT2D eigenvalue weighted by Gasteiger charge is 2.22. The van der Waals surface area contributed by atoms with Crippen LogP contribution in [0.15, 0.2) is 23.4 Å². The number of carbonyl (C=O) groups excluding carboxylic acids is 1. The average molecular weight is 266 g/mol. The Morgan fingerprint density at radius 3 is 2.56 bits per heavy atom. The van der Waals surface area contributed by atoms with Crippen LogP contribution in [0.25, 0.3) is 0 Å². The van der Waals surface area contributed by atoms with Gasteiger partial charge in [-0.3, -0.25) is 4.79 Å². The van der Waals surface area contributed by atoms with Gasteiger partial charge in [-0.15, -0.1) is 11.8 Å². The zero-order chi connectivity index (χ0) is 13.8. The summed E-state index contributed by atoms with van der Waals surface area (Å²) in [6.45, 7) is 10.4. The van der Waals surface area contributed by atoms with Crippen molar-refractivity contribution in [2.24, 2.45) is 5.41 Å². The minimum atomic E-state index is -0.0574. The molecule has 1 heterocycles. The van der Waals surface area contributed by atoms with Gasteiger partial charge < -0.3 is 5.32 Å². The van der Waals surface area contributed by atoms with Gasteiger partial charge in [0.05, 0.1) is 10.6 Å². The summed E-state index contributed by atoms with van der Waals surface area (Å²) < 4.78 is 0. The van der Waals surface area contributed by atoms with Crippen molar-refractivity contribution < 1.29 is 4.79 Å². The normalized spacial score (nSPS) is 13.2. The molecular formula is C14H22N2OS. The molecule has 0 bridgehead atoms. The molecule has 0 aliphatic heterocycles. The minimum Gasteiger partial charge on any atom is -0.349 e. The molecule has 1 aromatic heterocycles. The van der Waals surface area contributed by atoms with E-state index in [1.165, 1.54) is 0 Å².